The number of nitrogens with two attached hydrogens (primary N) is 1. The van der Waals surface area contributed by atoms with E-state index in [0.29, 0.717) is 37.7 Å². The van der Waals surface area contributed by atoms with E-state index < -0.39 is 0 Å². The van der Waals surface area contributed by atoms with Gasteiger partial charge in [0.25, 0.3) is 0 Å². The van der Waals surface area contributed by atoms with E-state index in [9.17, 15) is 0 Å². The predicted octanol–water partition coefficient (Wildman–Crippen LogP) is 4.18. The Morgan fingerprint density at radius 2 is 1.96 bits per heavy atom. The van der Waals surface area contributed by atoms with Crippen LogP contribution < -0.4 is 20.5 Å². The number of ether oxygens (including phenoxy) is 3. The molecule has 0 saturated heterocycles. The Morgan fingerprint density at radius 1 is 1.22 bits per heavy atom. The van der Waals surface area contributed by atoms with Crippen molar-refractivity contribution in [3.05, 3.63) is 18.2 Å². The standard InChI is InChI=1S/C20H31N3O3.HI/c1-2-24-17(15-6-3-4-7-15)10-11-22-20(21)23-16-8-9-18-19(14-16)26-13-5-12-25-18;/h8-9,14-15,17H,2-7,10-13H2,1H3,(H3,21,22,23);1H. The van der Waals surface area contributed by atoms with Crippen LogP contribution in [0.1, 0.15) is 45.4 Å². The Bertz CT molecular complexity index is 606. The number of guanidine groups is 1. The second-order valence-electron chi connectivity index (χ2n) is 6.93. The third-order valence-electron chi connectivity index (χ3n) is 5.02. The number of nitrogens with one attached hydrogen (secondary N) is 1. The first-order valence-electron chi connectivity index (χ1n) is 9.84. The summed E-state index contributed by atoms with van der Waals surface area (Å²) >= 11 is 0. The smallest absolute Gasteiger partial charge is 0.193 e. The zero-order valence-corrected chi connectivity index (χ0v) is 18.4. The maximum Gasteiger partial charge on any atom is 0.193 e. The lowest BCUT2D eigenvalue weighted by molar-refractivity contribution is 0.0178. The van der Waals surface area contributed by atoms with Gasteiger partial charge in [-0.2, -0.15) is 0 Å². The maximum atomic E-state index is 6.05. The van der Waals surface area contributed by atoms with Crippen LogP contribution in [0.4, 0.5) is 5.69 Å². The lowest BCUT2D eigenvalue weighted by Gasteiger charge is -2.22. The zero-order valence-electron chi connectivity index (χ0n) is 16.1. The molecule has 1 heterocycles. The molecule has 27 heavy (non-hydrogen) atoms. The van der Waals surface area contributed by atoms with Gasteiger partial charge in [0.05, 0.1) is 19.3 Å². The molecule has 0 amide bonds. The highest BCUT2D eigenvalue weighted by Crippen LogP contribution is 2.32. The van der Waals surface area contributed by atoms with Crippen LogP contribution in [-0.2, 0) is 4.74 Å². The summed E-state index contributed by atoms with van der Waals surface area (Å²) in [5, 5.41) is 3.14. The van der Waals surface area contributed by atoms with Crippen molar-refractivity contribution in [2.75, 3.05) is 31.7 Å². The van der Waals surface area contributed by atoms with E-state index in [0.717, 1.165) is 36.6 Å². The molecule has 0 bridgehead atoms. The van der Waals surface area contributed by atoms with Gasteiger partial charge in [-0.15, -0.1) is 24.0 Å². The number of benzene rings is 1. The summed E-state index contributed by atoms with van der Waals surface area (Å²) in [5.74, 6) is 2.62. The summed E-state index contributed by atoms with van der Waals surface area (Å²) in [6.45, 7) is 4.84. The number of fused-ring (bicyclic) bond motifs is 1. The molecule has 6 nitrogen and oxygen atoms in total. The summed E-state index contributed by atoms with van der Waals surface area (Å²) in [5.41, 5.74) is 6.91. The molecule has 1 aromatic carbocycles. The van der Waals surface area contributed by atoms with Crippen molar-refractivity contribution in [1.29, 1.82) is 0 Å². The molecule has 3 rings (SSSR count). The van der Waals surface area contributed by atoms with Crippen LogP contribution in [0.5, 0.6) is 11.5 Å². The molecule has 1 atom stereocenters. The quantitative estimate of drug-likeness (QED) is 0.342. The Kier molecular flexibility index (Phi) is 9.47. The number of hydrogen-bond donors (Lipinski definition) is 2. The first-order chi connectivity index (χ1) is 12.8. The van der Waals surface area contributed by atoms with Gasteiger partial charge in [0.1, 0.15) is 0 Å². The predicted molar refractivity (Wildman–Crippen MR) is 120 cm³/mol. The molecule has 0 aromatic heterocycles. The van der Waals surface area contributed by atoms with Crippen LogP contribution in [0.15, 0.2) is 23.2 Å². The summed E-state index contributed by atoms with van der Waals surface area (Å²) in [4.78, 5) is 4.47. The zero-order chi connectivity index (χ0) is 18.2. The van der Waals surface area contributed by atoms with Crippen molar-refractivity contribution in [2.24, 2.45) is 16.6 Å². The number of aliphatic imine (C=N–C) groups is 1. The van der Waals surface area contributed by atoms with Crippen molar-refractivity contribution in [3.63, 3.8) is 0 Å². The number of hydrogen-bond acceptors (Lipinski definition) is 4. The SMILES string of the molecule is CCOC(CCN=C(N)Nc1ccc2c(c1)OCCCO2)C1CCCC1.I. The highest BCUT2D eigenvalue weighted by Gasteiger charge is 2.24. The van der Waals surface area contributed by atoms with Gasteiger partial charge < -0.3 is 25.3 Å². The van der Waals surface area contributed by atoms with Gasteiger partial charge in [0.2, 0.25) is 0 Å². The van der Waals surface area contributed by atoms with Gasteiger partial charge in [-0.05, 0) is 44.2 Å². The topological polar surface area (TPSA) is 78.1 Å². The minimum absolute atomic E-state index is 0. The maximum absolute atomic E-state index is 6.05. The Morgan fingerprint density at radius 3 is 2.70 bits per heavy atom. The molecule has 7 heteroatoms. The van der Waals surface area contributed by atoms with E-state index in [4.69, 9.17) is 19.9 Å². The molecule has 0 spiro atoms. The number of nitrogens with zero attached hydrogens (tertiary/aromatic N) is 1. The highest BCUT2D eigenvalue weighted by atomic mass is 127. The number of halogens is 1. The summed E-state index contributed by atoms with van der Waals surface area (Å²) in [7, 11) is 0. The molecule has 152 valence electrons. The van der Waals surface area contributed by atoms with Crippen LogP contribution in [0.3, 0.4) is 0 Å². The minimum Gasteiger partial charge on any atom is -0.490 e. The molecule has 3 N–H and O–H groups in total. The van der Waals surface area contributed by atoms with Crippen LogP contribution in [-0.4, -0.2) is 38.4 Å². The van der Waals surface area contributed by atoms with E-state index in [1.165, 1.54) is 25.7 Å². The molecule has 2 aliphatic rings. The van der Waals surface area contributed by atoms with Crippen LogP contribution >= 0.6 is 24.0 Å². The highest BCUT2D eigenvalue weighted by molar-refractivity contribution is 14.0. The van der Waals surface area contributed by atoms with Crippen LogP contribution in [0, 0.1) is 5.92 Å². The first kappa shape index (κ1) is 22.1. The van der Waals surface area contributed by atoms with Crippen LogP contribution in [0.25, 0.3) is 0 Å². The van der Waals surface area contributed by atoms with Crippen LogP contribution in [0.2, 0.25) is 0 Å². The van der Waals surface area contributed by atoms with E-state index in [2.05, 4.69) is 17.2 Å². The second-order valence-corrected chi connectivity index (χ2v) is 6.93. The first-order valence-corrected chi connectivity index (χ1v) is 9.84. The van der Waals surface area contributed by atoms with Crippen molar-refractivity contribution in [3.8, 4) is 11.5 Å². The van der Waals surface area contributed by atoms with Gasteiger partial charge in [-0.3, -0.25) is 4.99 Å². The molecular formula is C20H32IN3O3. The minimum atomic E-state index is 0. The van der Waals surface area contributed by atoms with E-state index in [-0.39, 0.29) is 24.0 Å². The van der Waals surface area contributed by atoms with Gasteiger partial charge in [-0.25, -0.2) is 0 Å². The summed E-state index contributed by atoms with van der Waals surface area (Å²) in [6.07, 6.45) is 7.32. The van der Waals surface area contributed by atoms with Crippen molar-refractivity contribution in [1.82, 2.24) is 0 Å². The molecule has 1 saturated carbocycles. The van der Waals surface area contributed by atoms with Crippen molar-refractivity contribution < 1.29 is 14.2 Å². The lowest BCUT2D eigenvalue weighted by Crippen LogP contribution is -2.26. The molecular weight excluding hydrogens is 457 g/mol. The Labute approximate surface area is 179 Å². The molecule has 1 aliphatic heterocycles. The lowest BCUT2D eigenvalue weighted by atomic mass is 9.98. The Balaban J connectivity index is 0.00000261. The normalized spacial score (nSPS) is 18.5. The fourth-order valence-corrected chi connectivity index (χ4v) is 3.74. The molecule has 1 unspecified atom stereocenters. The average Bonchev–Trinajstić information content (AvgIpc) is 3.07. The monoisotopic (exact) mass is 489 g/mol. The van der Waals surface area contributed by atoms with E-state index in [1.807, 2.05) is 18.2 Å². The van der Waals surface area contributed by atoms with E-state index in [1.54, 1.807) is 0 Å². The third kappa shape index (κ3) is 6.71. The third-order valence-corrected chi connectivity index (χ3v) is 5.02. The summed E-state index contributed by atoms with van der Waals surface area (Å²) in [6, 6.07) is 5.74. The molecule has 1 aromatic rings. The molecule has 1 aliphatic carbocycles. The Hall–Kier alpha value is -1.22. The molecule has 1 fully saturated rings. The number of anilines is 1. The van der Waals surface area contributed by atoms with Gasteiger partial charge in [0.15, 0.2) is 17.5 Å². The largest absolute Gasteiger partial charge is 0.490 e. The fourth-order valence-electron chi connectivity index (χ4n) is 3.74. The number of rotatable bonds is 7. The fraction of sp³-hybridized carbons (Fsp3) is 0.650. The van der Waals surface area contributed by atoms with Gasteiger partial charge in [-0.1, -0.05) is 12.8 Å². The average molecular weight is 489 g/mol. The van der Waals surface area contributed by atoms with Gasteiger partial charge >= 0.3 is 0 Å². The second kappa shape index (κ2) is 11.6. The van der Waals surface area contributed by atoms with Crippen molar-refractivity contribution >= 4 is 35.6 Å². The van der Waals surface area contributed by atoms with Gasteiger partial charge in [0, 0.05) is 31.3 Å². The summed E-state index contributed by atoms with van der Waals surface area (Å²) < 4.78 is 17.3. The van der Waals surface area contributed by atoms with E-state index >= 15 is 0 Å². The molecule has 0 radical (unpaired) electrons. The van der Waals surface area contributed by atoms with Crippen molar-refractivity contribution in [2.45, 2.75) is 51.6 Å².